The maximum atomic E-state index is 11.4. The van der Waals surface area contributed by atoms with Gasteiger partial charge in [0, 0.05) is 10.7 Å². The first-order chi connectivity index (χ1) is 5.63. The lowest BCUT2D eigenvalue weighted by Gasteiger charge is -2.01. The Morgan fingerprint density at radius 2 is 0.917 bits per heavy atom. The fourth-order valence-corrected chi connectivity index (χ4v) is 0.816. The molecule has 0 heterocycles. The molecule has 0 aromatic rings. The van der Waals surface area contributed by atoms with Gasteiger partial charge in [-0.1, -0.05) is 12.8 Å². The Kier molecular flexibility index (Phi) is 7.08. The molecule has 0 aromatic carbocycles. The van der Waals surface area contributed by atoms with E-state index in [0.29, 0.717) is 25.7 Å². The minimum absolute atomic E-state index is 0.283. The van der Waals surface area contributed by atoms with Gasteiger partial charge in [0.15, 0.2) is 0 Å². The van der Waals surface area contributed by atoms with Gasteiger partial charge in [0.1, 0.15) is 0 Å². The van der Waals surface area contributed by atoms with Gasteiger partial charge in [0.2, 0.25) is 0 Å². The molecule has 0 N–H and O–H groups in total. The highest BCUT2D eigenvalue weighted by Crippen LogP contribution is 2.04. The fourth-order valence-electron chi connectivity index (χ4n) is 0.816. The molecule has 6 heteroatoms. The second-order valence-electron chi connectivity index (χ2n) is 2.47. The third-order valence-electron chi connectivity index (χ3n) is 1.40. The molecule has 0 rings (SSSR count). The first-order valence-electron chi connectivity index (χ1n) is 3.81. The van der Waals surface area contributed by atoms with Crippen molar-refractivity contribution < 1.29 is 17.9 Å². The van der Waals surface area contributed by atoms with Gasteiger partial charge in [-0.3, -0.25) is 0 Å². The van der Waals surface area contributed by atoms with E-state index in [9.17, 15) is 17.9 Å². The van der Waals surface area contributed by atoms with Gasteiger partial charge in [-0.2, -0.15) is 0 Å². The summed E-state index contributed by atoms with van der Waals surface area (Å²) in [5, 5.41) is -1.78. The van der Waals surface area contributed by atoms with Crippen molar-refractivity contribution in [1.29, 1.82) is 0 Å². The van der Waals surface area contributed by atoms with Gasteiger partial charge >= 0.3 is 0 Å². The van der Waals surface area contributed by atoms with Crippen LogP contribution in [0.25, 0.3) is 0 Å². The van der Waals surface area contributed by atoms with Crippen molar-refractivity contribution in [2.24, 2.45) is 0 Å². The van der Waals surface area contributed by atoms with Crippen LogP contribution in [-0.2, 0) is 0 Å². The first kappa shape index (κ1) is 11.6. The Labute approximate surface area is 68.5 Å². The van der Waals surface area contributed by atoms with Crippen molar-refractivity contribution in [3.05, 3.63) is 0 Å². The molecule has 2 nitrogen and oxygen atoms in total. The highest BCUT2D eigenvalue weighted by molar-refractivity contribution is 4.44. The SMILES string of the molecule is FN(F)CCCCCCN(F)F. The monoisotopic (exact) mass is 188 g/mol. The second kappa shape index (κ2) is 7.30. The summed E-state index contributed by atoms with van der Waals surface area (Å²) in [7, 11) is 0. The topological polar surface area (TPSA) is 6.48 Å². The highest BCUT2D eigenvalue weighted by Gasteiger charge is 2.00. The van der Waals surface area contributed by atoms with E-state index in [-0.39, 0.29) is 13.1 Å². The van der Waals surface area contributed by atoms with Gasteiger partial charge in [0.25, 0.3) is 0 Å². The third kappa shape index (κ3) is 9.64. The van der Waals surface area contributed by atoms with Gasteiger partial charge in [-0.25, -0.2) is 0 Å². The molecule has 0 aliphatic carbocycles. The predicted molar refractivity (Wildman–Crippen MR) is 36.3 cm³/mol. The van der Waals surface area contributed by atoms with Gasteiger partial charge in [-0.15, -0.1) is 17.9 Å². The van der Waals surface area contributed by atoms with Gasteiger partial charge < -0.3 is 0 Å². The number of nitrogens with zero attached hydrogens (tertiary/aromatic N) is 2. The molecule has 0 bridgehead atoms. The minimum atomic E-state index is -0.892. The Balaban J connectivity index is 2.91. The zero-order valence-electron chi connectivity index (χ0n) is 6.65. The average molecular weight is 188 g/mol. The van der Waals surface area contributed by atoms with E-state index < -0.39 is 10.7 Å². The standard InChI is InChI=1S/C6H12F4N2/c7-11(8)5-3-1-2-4-6-12(9)10/h1-6H2. The molecule has 0 radical (unpaired) electrons. The van der Waals surface area contributed by atoms with Crippen molar-refractivity contribution in [3.63, 3.8) is 0 Å². The van der Waals surface area contributed by atoms with Crippen molar-refractivity contribution in [2.75, 3.05) is 13.1 Å². The summed E-state index contributed by atoms with van der Waals surface area (Å²) in [5.74, 6) is 0. The Morgan fingerprint density at radius 3 is 1.17 bits per heavy atom. The minimum Gasteiger partial charge on any atom is -0.102 e. The number of hydrogen-bond donors (Lipinski definition) is 0. The van der Waals surface area contributed by atoms with Crippen LogP contribution in [0.3, 0.4) is 0 Å². The molecule has 12 heavy (non-hydrogen) atoms. The first-order valence-corrected chi connectivity index (χ1v) is 3.81. The number of rotatable bonds is 7. The predicted octanol–water partition coefficient (Wildman–Crippen LogP) is 2.69. The Bertz CT molecular complexity index is 87.5. The normalized spacial score (nSPS) is 11.5. The summed E-state index contributed by atoms with van der Waals surface area (Å²) in [6.45, 7) is -0.566. The molecule has 0 amide bonds. The molecular weight excluding hydrogens is 176 g/mol. The molecule has 74 valence electrons. The molecule has 0 aliphatic rings. The van der Waals surface area contributed by atoms with Crippen LogP contribution < -0.4 is 0 Å². The number of halogens is 4. The molecule has 0 saturated heterocycles. The second-order valence-corrected chi connectivity index (χ2v) is 2.47. The molecule has 0 spiro atoms. The van der Waals surface area contributed by atoms with Crippen molar-refractivity contribution in [2.45, 2.75) is 25.7 Å². The van der Waals surface area contributed by atoms with Gasteiger partial charge in [0.05, 0.1) is 13.1 Å². The van der Waals surface area contributed by atoms with E-state index in [0.717, 1.165) is 0 Å². The van der Waals surface area contributed by atoms with Gasteiger partial charge in [-0.05, 0) is 12.8 Å². The summed E-state index contributed by atoms with van der Waals surface area (Å²) >= 11 is 0. The summed E-state index contributed by atoms with van der Waals surface area (Å²) in [6, 6.07) is 0. The van der Waals surface area contributed by atoms with Crippen LogP contribution in [0, 0.1) is 0 Å². The van der Waals surface area contributed by atoms with E-state index in [1.54, 1.807) is 0 Å². The van der Waals surface area contributed by atoms with Crippen molar-refractivity contribution in [1.82, 2.24) is 10.7 Å². The maximum Gasteiger partial charge on any atom is 0.0620 e. The van der Waals surface area contributed by atoms with Crippen LogP contribution in [0.2, 0.25) is 0 Å². The van der Waals surface area contributed by atoms with E-state index in [1.807, 2.05) is 0 Å². The van der Waals surface area contributed by atoms with E-state index in [1.165, 1.54) is 0 Å². The van der Waals surface area contributed by atoms with E-state index >= 15 is 0 Å². The lowest BCUT2D eigenvalue weighted by atomic mass is 10.2. The largest absolute Gasteiger partial charge is 0.102 e. The van der Waals surface area contributed by atoms with Crippen LogP contribution in [0.5, 0.6) is 0 Å². The summed E-state index contributed by atoms with van der Waals surface area (Å²) in [4.78, 5) is 0. The van der Waals surface area contributed by atoms with Crippen LogP contribution >= 0.6 is 0 Å². The zero-order chi connectivity index (χ0) is 9.40. The smallest absolute Gasteiger partial charge is 0.0620 e. The fraction of sp³-hybridized carbons (Fsp3) is 1.00. The quantitative estimate of drug-likeness (QED) is 0.344. The highest BCUT2D eigenvalue weighted by atomic mass is 19.4. The summed E-state index contributed by atoms with van der Waals surface area (Å²) in [5.41, 5.74) is 0. The molecule has 0 aromatic heterocycles. The molecule has 0 aliphatic heterocycles. The molecule has 0 saturated carbocycles. The molecule has 0 atom stereocenters. The van der Waals surface area contributed by atoms with Crippen LogP contribution in [0.1, 0.15) is 25.7 Å². The molecule has 0 unspecified atom stereocenters. The number of unbranched alkanes of at least 4 members (excludes halogenated alkanes) is 3. The van der Waals surface area contributed by atoms with Crippen LogP contribution in [0.4, 0.5) is 17.9 Å². The lowest BCUT2D eigenvalue weighted by Crippen LogP contribution is -2.04. The van der Waals surface area contributed by atoms with Crippen LogP contribution in [0.15, 0.2) is 0 Å². The van der Waals surface area contributed by atoms with Crippen molar-refractivity contribution in [3.8, 4) is 0 Å². The summed E-state index contributed by atoms with van der Waals surface area (Å²) in [6.07, 6.45) is 1.84. The number of hydrogen-bond acceptors (Lipinski definition) is 2. The molecule has 0 fully saturated rings. The lowest BCUT2D eigenvalue weighted by molar-refractivity contribution is -0.155. The third-order valence-corrected chi connectivity index (χ3v) is 1.40. The Morgan fingerprint density at radius 1 is 0.583 bits per heavy atom. The Hall–Kier alpha value is -0.360. The van der Waals surface area contributed by atoms with E-state index in [2.05, 4.69) is 0 Å². The van der Waals surface area contributed by atoms with Crippen LogP contribution in [-0.4, -0.2) is 23.8 Å². The average Bonchev–Trinajstić information content (AvgIpc) is 1.95. The molecular formula is C6H12F4N2. The van der Waals surface area contributed by atoms with E-state index in [4.69, 9.17) is 0 Å². The summed E-state index contributed by atoms with van der Waals surface area (Å²) < 4.78 is 45.5. The maximum absolute atomic E-state index is 11.4. The zero-order valence-corrected chi connectivity index (χ0v) is 6.65. The van der Waals surface area contributed by atoms with Crippen molar-refractivity contribution >= 4 is 0 Å².